The van der Waals surface area contributed by atoms with E-state index in [1.165, 1.54) is 5.56 Å². The largest absolute Gasteiger partial charge is 0.370 e. The zero-order valence-electron chi connectivity index (χ0n) is 12.8. The maximum absolute atomic E-state index is 4.39. The van der Waals surface area contributed by atoms with Crippen molar-refractivity contribution in [2.75, 3.05) is 23.7 Å². The number of rotatable bonds is 9. The molecule has 0 fully saturated rings. The van der Waals surface area contributed by atoms with Crippen molar-refractivity contribution in [2.45, 2.75) is 39.7 Å². The van der Waals surface area contributed by atoms with Crippen LogP contribution in [0.1, 0.15) is 32.3 Å². The summed E-state index contributed by atoms with van der Waals surface area (Å²) in [6.45, 7) is 6.90. The summed E-state index contributed by atoms with van der Waals surface area (Å²) >= 11 is 0. The van der Waals surface area contributed by atoms with Gasteiger partial charge in [-0.15, -0.1) is 0 Å². The van der Waals surface area contributed by atoms with Crippen molar-refractivity contribution >= 4 is 11.6 Å². The molecule has 0 radical (unpaired) electrons. The molecule has 0 aliphatic rings. The average molecular weight is 288 g/mol. The average Bonchev–Trinajstić information content (AvgIpc) is 3.00. The van der Waals surface area contributed by atoms with Crippen molar-refractivity contribution in [3.8, 4) is 0 Å². The van der Waals surface area contributed by atoms with Crippen LogP contribution in [0.5, 0.6) is 0 Å². The third kappa shape index (κ3) is 4.44. The highest BCUT2D eigenvalue weighted by molar-refractivity contribution is 5.57. The normalized spacial score (nSPS) is 10.6. The van der Waals surface area contributed by atoms with Crippen molar-refractivity contribution < 1.29 is 0 Å². The van der Waals surface area contributed by atoms with E-state index in [1.807, 2.05) is 16.9 Å². The van der Waals surface area contributed by atoms with Crippen LogP contribution in [0.3, 0.4) is 0 Å². The first-order valence-electron chi connectivity index (χ1n) is 7.64. The lowest BCUT2D eigenvalue weighted by molar-refractivity contribution is 0.591. The highest BCUT2D eigenvalue weighted by Gasteiger charge is 2.09. The minimum Gasteiger partial charge on any atom is -0.370 e. The monoisotopic (exact) mass is 288 g/mol. The third-order valence-corrected chi connectivity index (χ3v) is 3.21. The second-order valence-electron chi connectivity index (χ2n) is 4.88. The van der Waals surface area contributed by atoms with Crippen LogP contribution >= 0.6 is 0 Å². The molecular formula is C15H24N6. The molecule has 2 aromatic heterocycles. The molecule has 6 nitrogen and oxygen atoms in total. The first kappa shape index (κ1) is 15.3. The first-order valence-corrected chi connectivity index (χ1v) is 7.64. The first-order chi connectivity index (χ1) is 10.3. The van der Waals surface area contributed by atoms with Gasteiger partial charge >= 0.3 is 0 Å². The Bertz CT molecular complexity index is 523. The molecule has 0 atom stereocenters. The van der Waals surface area contributed by atoms with E-state index in [4.69, 9.17) is 0 Å². The summed E-state index contributed by atoms with van der Waals surface area (Å²) < 4.78 is 1.94. The van der Waals surface area contributed by atoms with Crippen LogP contribution in [0.25, 0.3) is 0 Å². The van der Waals surface area contributed by atoms with Crippen molar-refractivity contribution in [2.24, 2.45) is 0 Å². The van der Waals surface area contributed by atoms with Gasteiger partial charge in [0.2, 0.25) is 0 Å². The highest BCUT2D eigenvalue weighted by atomic mass is 15.3. The zero-order chi connectivity index (χ0) is 14.9. The maximum Gasteiger partial charge on any atom is 0.134 e. The topological polar surface area (TPSA) is 67.7 Å². The fourth-order valence-corrected chi connectivity index (χ4v) is 2.25. The van der Waals surface area contributed by atoms with Crippen LogP contribution in [0.15, 0.2) is 24.8 Å². The number of nitrogens with zero attached hydrogens (tertiary/aromatic N) is 4. The molecule has 0 aliphatic carbocycles. The number of nitrogens with one attached hydrogen (secondary N) is 2. The van der Waals surface area contributed by atoms with Crippen LogP contribution < -0.4 is 10.6 Å². The summed E-state index contributed by atoms with van der Waals surface area (Å²) in [5.74, 6) is 1.90. The van der Waals surface area contributed by atoms with E-state index in [9.17, 15) is 0 Å². The second-order valence-corrected chi connectivity index (χ2v) is 4.88. The van der Waals surface area contributed by atoms with Gasteiger partial charge in [0, 0.05) is 37.6 Å². The van der Waals surface area contributed by atoms with E-state index >= 15 is 0 Å². The number of hydrogen-bond donors (Lipinski definition) is 2. The Hall–Kier alpha value is -2.11. The Kier molecular flexibility index (Phi) is 5.99. The van der Waals surface area contributed by atoms with Crippen molar-refractivity contribution in [1.82, 2.24) is 19.7 Å². The van der Waals surface area contributed by atoms with Gasteiger partial charge in [-0.3, -0.25) is 4.68 Å². The van der Waals surface area contributed by atoms with Crippen LogP contribution in [-0.4, -0.2) is 32.8 Å². The van der Waals surface area contributed by atoms with E-state index in [2.05, 4.69) is 39.5 Å². The Morgan fingerprint density at radius 2 is 1.95 bits per heavy atom. The number of hydrogen-bond acceptors (Lipinski definition) is 5. The molecule has 2 heterocycles. The Labute approximate surface area is 126 Å². The fourth-order valence-electron chi connectivity index (χ4n) is 2.25. The van der Waals surface area contributed by atoms with Gasteiger partial charge in [-0.1, -0.05) is 13.3 Å². The van der Waals surface area contributed by atoms with Gasteiger partial charge in [-0.05, 0) is 25.8 Å². The highest BCUT2D eigenvalue weighted by Crippen LogP contribution is 2.21. The SMILES string of the molecule is CCCc1c(NCC)ncnc1NCCCn1cccn1. The number of aryl methyl sites for hydroxylation is 1. The molecule has 0 aromatic carbocycles. The lowest BCUT2D eigenvalue weighted by Crippen LogP contribution is -2.12. The maximum atomic E-state index is 4.39. The molecule has 2 N–H and O–H groups in total. The molecule has 0 spiro atoms. The van der Waals surface area contributed by atoms with Gasteiger partial charge in [0.05, 0.1) is 0 Å². The molecule has 0 bridgehead atoms. The van der Waals surface area contributed by atoms with Crippen LogP contribution in [0.2, 0.25) is 0 Å². The van der Waals surface area contributed by atoms with Crippen LogP contribution in [0.4, 0.5) is 11.6 Å². The van der Waals surface area contributed by atoms with E-state index in [1.54, 1.807) is 12.5 Å². The number of aromatic nitrogens is 4. The molecule has 2 aromatic rings. The minimum atomic E-state index is 0.868. The lowest BCUT2D eigenvalue weighted by Gasteiger charge is -2.14. The zero-order valence-corrected chi connectivity index (χ0v) is 12.8. The quantitative estimate of drug-likeness (QED) is 0.694. The van der Waals surface area contributed by atoms with Gasteiger partial charge in [-0.25, -0.2) is 9.97 Å². The molecule has 0 aliphatic heterocycles. The molecule has 0 saturated heterocycles. The summed E-state index contributed by atoms with van der Waals surface area (Å²) in [7, 11) is 0. The molecule has 0 amide bonds. The Morgan fingerprint density at radius 3 is 2.62 bits per heavy atom. The predicted octanol–water partition coefficient (Wildman–Crippen LogP) is 2.56. The fraction of sp³-hybridized carbons (Fsp3) is 0.533. The molecule has 114 valence electrons. The van der Waals surface area contributed by atoms with Crippen LogP contribution in [-0.2, 0) is 13.0 Å². The standard InChI is InChI=1S/C15H24N6/c1-3-7-13-14(16-4-2)18-12-19-15(13)17-8-5-10-21-11-6-9-20-21/h6,9,11-12H,3-5,7-8,10H2,1-2H3,(H2,16,17,18,19). The second kappa shape index (κ2) is 8.24. The van der Waals surface area contributed by atoms with Gasteiger partial charge in [0.1, 0.15) is 18.0 Å². The van der Waals surface area contributed by atoms with E-state index in [0.717, 1.165) is 50.5 Å². The molecule has 6 heteroatoms. The van der Waals surface area contributed by atoms with Crippen molar-refractivity contribution in [3.05, 3.63) is 30.4 Å². The van der Waals surface area contributed by atoms with Gasteiger partial charge in [0.15, 0.2) is 0 Å². The van der Waals surface area contributed by atoms with E-state index in [-0.39, 0.29) is 0 Å². The van der Waals surface area contributed by atoms with Crippen molar-refractivity contribution in [3.63, 3.8) is 0 Å². The molecule has 0 unspecified atom stereocenters. The molecule has 2 rings (SSSR count). The van der Waals surface area contributed by atoms with E-state index < -0.39 is 0 Å². The predicted molar refractivity (Wildman–Crippen MR) is 85.5 cm³/mol. The molecule has 0 saturated carbocycles. The smallest absolute Gasteiger partial charge is 0.134 e. The van der Waals surface area contributed by atoms with E-state index in [0.29, 0.717) is 0 Å². The van der Waals surface area contributed by atoms with Gasteiger partial charge < -0.3 is 10.6 Å². The Morgan fingerprint density at radius 1 is 1.14 bits per heavy atom. The Balaban J connectivity index is 1.93. The summed E-state index contributed by atoms with van der Waals surface area (Å²) in [6, 6.07) is 1.94. The minimum absolute atomic E-state index is 0.868. The summed E-state index contributed by atoms with van der Waals surface area (Å²) in [5, 5.41) is 10.9. The summed E-state index contributed by atoms with van der Waals surface area (Å²) in [5.41, 5.74) is 1.18. The number of anilines is 2. The van der Waals surface area contributed by atoms with Gasteiger partial charge in [0.25, 0.3) is 0 Å². The molecular weight excluding hydrogens is 264 g/mol. The summed E-state index contributed by atoms with van der Waals surface area (Å²) in [6.07, 6.45) is 8.47. The van der Waals surface area contributed by atoms with Crippen molar-refractivity contribution in [1.29, 1.82) is 0 Å². The lowest BCUT2D eigenvalue weighted by atomic mass is 10.1. The summed E-state index contributed by atoms with van der Waals surface area (Å²) in [4.78, 5) is 8.73. The third-order valence-electron chi connectivity index (χ3n) is 3.21. The molecule has 21 heavy (non-hydrogen) atoms. The van der Waals surface area contributed by atoms with Gasteiger partial charge in [-0.2, -0.15) is 5.10 Å². The van der Waals surface area contributed by atoms with Crippen LogP contribution in [0, 0.1) is 0 Å².